The fraction of sp³-hybridized carbons (Fsp3) is 0.273. The molecule has 4 heteroatoms. The molecular weight excluding hydrogens is 344 g/mol. The molecule has 2 heterocycles. The van der Waals surface area contributed by atoms with Gasteiger partial charge in [0.25, 0.3) is 0 Å². The zero-order valence-corrected chi connectivity index (χ0v) is 16.2. The molecule has 0 saturated heterocycles. The summed E-state index contributed by atoms with van der Waals surface area (Å²) in [4.78, 5) is 2.37. The lowest BCUT2D eigenvalue weighted by atomic mass is 10.1. The van der Waals surface area contributed by atoms with Crippen molar-refractivity contribution in [3.8, 4) is 5.75 Å². The number of likely N-dealkylation sites (N-methyl/N-ethyl adjacent to an activating group) is 1. The Labute approximate surface area is 159 Å². The van der Waals surface area contributed by atoms with Gasteiger partial charge in [-0.1, -0.05) is 23.7 Å². The Hall–Kier alpha value is -2.23. The number of aromatic nitrogens is 1. The van der Waals surface area contributed by atoms with Crippen LogP contribution in [0.15, 0.2) is 42.5 Å². The molecule has 1 aliphatic rings. The molecule has 4 rings (SSSR count). The Morgan fingerprint density at radius 1 is 1.15 bits per heavy atom. The van der Waals surface area contributed by atoms with Gasteiger partial charge in [0, 0.05) is 41.8 Å². The minimum Gasteiger partial charge on any atom is -0.497 e. The van der Waals surface area contributed by atoms with Crippen molar-refractivity contribution in [3.63, 3.8) is 0 Å². The first-order valence-corrected chi connectivity index (χ1v) is 9.27. The molecule has 0 radical (unpaired) electrons. The fourth-order valence-corrected chi connectivity index (χ4v) is 3.94. The average Bonchev–Trinajstić information content (AvgIpc) is 2.94. The summed E-state index contributed by atoms with van der Waals surface area (Å²) in [5.41, 5.74) is 6.44. The van der Waals surface area contributed by atoms with E-state index in [4.69, 9.17) is 16.3 Å². The normalized spacial score (nSPS) is 15.3. The van der Waals surface area contributed by atoms with Gasteiger partial charge in [0.1, 0.15) is 5.75 Å². The highest BCUT2D eigenvalue weighted by atomic mass is 35.5. The van der Waals surface area contributed by atoms with Gasteiger partial charge in [-0.3, -0.25) is 0 Å². The lowest BCUT2D eigenvalue weighted by Gasteiger charge is -2.23. The summed E-state index contributed by atoms with van der Waals surface area (Å²) in [6, 6.07) is 14.4. The number of hydrogen-bond donors (Lipinski definition) is 0. The summed E-state index contributed by atoms with van der Waals surface area (Å²) in [5.74, 6) is 0.878. The molecule has 0 bridgehead atoms. The van der Waals surface area contributed by atoms with Crippen molar-refractivity contribution in [1.29, 1.82) is 0 Å². The van der Waals surface area contributed by atoms with Gasteiger partial charge in [0.05, 0.1) is 12.6 Å². The fourth-order valence-electron chi connectivity index (χ4n) is 3.77. The first-order valence-electron chi connectivity index (χ1n) is 8.89. The van der Waals surface area contributed by atoms with Crippen LogP contribution in [0.2, 0.25) is 5.02 Å². The Morgan fingerprint density at radius 3 is 2.65 bits per heavy atom. The predicted molar refractivity (Wildman–Crippen MR) is 110 cm³/mol. The molecule has 1 aliphatic heterocycles. The van der Waals surface area contributed by atoms with Crippen LogP contribution in [-0.4, -0.2) is 30.2 Å². The third-order valence-electron chi connectivity index (χ3n) is 5.21. The summed E-state index contributed by atoms with van der Waals surface area (Å²) in [6.07, 6.45) is 3.30. The number of methoxy groups -OCH3 is 1. The standard InChI is InChI=1S/C22H23ClN2O/c1-15(16-4-7-18(26-3)8-5-16)13-25-21-9-6-17(23)12-19(21)20-14-24(2)11-10-22(20)25/h4-9,12-13H,10-11,14H2,1-3H3/b15-13-. The number of allylic oxidation sites excluding steroid dienone is 1. The number of ether oxygens (including phenoxy) is 1. The monoisotopic (exact) mass is 366 g/mol. The molecule has 0 aliphatic carbocycles. The van der Waals surface area contributed by atoms with Crippen molar-refractivity contribution in [1.82, 2.24) is 9.47 Å². The van der Waals surface area contributed by atoms with Crippen molar-refractivity contribution in [3.05, 3.63) is 64.3 Å². The largest absolute Gasteiger partial charge is 0.497 e. The molecule has 0 saturated carbocycles. The highest BCUT2D eigenvalue weighted by molar-refractivity contribution is 6.31. The van der Waals surface area contributed by atoms with Crippen molar-refractivity contribution < 1.29 is 4.74 Å². The van der Waals surface area contributed by atoms with Crippen LogP contribution in [-0.2, 0) is 13.0 Å². The smallest absolute Gasteiger partial charge is 0.118 e. The highest BCUT2D eigenvalue weighted by Crippen LogP contribution is 2.33. The summed E-state index contributed by atoms with van der Waals surface area (Å²) >= 11 is 6.29. The molecule has 1 aromatic heterocycles. The highest BCUT2D eigenvalue weighted by Gasteiger charge is 2.22. The van der Waals surface area contributed by atoms with E-state index in [2.05, 4.69) is 53.9 Å². The van der Waals surface area contributed by atoms with Crippen molar-refractivity contribution in [2.75, 3.05) is 20.7 Å². The SMILES string of the molecule is COc1ccc(/C(C)=C\n2c3c(c4cc(Cl)ccc42)CN(C)CC3)cc1. The number of hydrogen-bond acceptors (Lipinski definition) is 2. The van der Waals surface area contributed by atoms with Gasteiger partial charge in [0.2, 0.25) is 0 Å². The van der Waals surface area contributed by atoms with Crippen LogP contribution in [0.3, 0.4) is 0 Å². The van der Waals surface area contributed by atoms with Crippen LogP contribution in [0.5, 0.6) is 5.75 Å². The van der Waals surface area contributed by atoms with Crippen LogP contribution in [0.4, 0.5) is 0 Å². The lowest BCUT2D eigenvalue weighted by molar-refractivity contribution is 0.312. The quantitative estimate of drug-likeness (QED) is 0.625. The van der Waals surface area contributed by atoms with E-state index in [-0.39, 0.29) is 0 Å². The second-order valence-corrected chi connectivity index (χ2v) is 7.42. The summed E-state index contributed by atoms with van der Waals surface area (Å²) in [6.45, 7) is 4.20. The van der Waals surface area contributed by atoms with Gasteiger partial charge < -0.3 is 14.2 Å². The van der Waals surface area contributed by atoms with Crippen LogP contribution in [0.1, 0.15) is 23.7 Å². The molecule has 0 spiro atoms. The van der Waals surface area contributed by atoms with Gasteiger partial charge in [0.15, 0.2) is 0 Å². The van der Waals surface area contributed by atoms with E-state index in [1.807, 2.05) is 18.2 Å². The zero-order chi connectivity index (χ0) is 18.3. The first kappa shape index (κ1) is 17.2. The van der Waals surface area contributed by atoms with Gasteiger partial charge in [-0.25, -0.2) is 0 Å². The Morgan fingerprint density at radius 2 is 1.92 bits per heavy atom. The van der Waals surface area contributed by atoms with Gasteiger partial charge in [-0.15, -0.1) is 0 Å². The van der Waals surface area contributed by atoms with Gasteiger partial charge in [-0.2, -0.15) is 0 Å². The Bertz CT molecular complexity index is 986. The van der Waals surface area contributed by atoms with E-state index in [0.717, 1.165) is 30.3 Å². The minimum absolute atomic E-state index is 0.793. The molecular formula is C22H23ClN2O. The lowest BCUT2D eigenvalue weighted by Crippen LogP contribution is -2.26. The number of rotatable bonds is 3. The molecule has 26 heavy (non-hydrogen) atoms. The summed E-state index contributed by atoms with van der Waals surface area (Å²) < 4.78 is 7.62. The van der Waals surface area contributed by atoms with E-state index >= 15 is 0 Å². The van der Waals surface area contributed by atoms with Gasteiger partial charge in [-0.05, 0) is 61.0 Å². The molecule has 2 aromatic carbocycles. The maximum atomic E-state index is 6.29. The summed E-state index contributed by atoms with van der Waals surface area (Å²) in [5, 5.41) is 2.05. The molecule has 0 fully saturated rings. The van der Waals surface area contributed by atoms with Crippen LogP contribution < -0.4 is 4.74 Å². The second kappa shape index (κ2) is 6.82. The van der Waals surface area contributed by atoms with Crippen LogP contribution >= 0.6 is 11.6 Å². The van der Waals surface area contributed by atoms with E-state index in [1.54, 1.807) is 7.11 Å². The molecule has 0 N–H and O–H groups in total. The van der Waals surface area contributed by atoms with Crippen LogP contribution in [0.25, 0.3) is 22.7 Å². The second-order valence-electron chi connectivity index (χ2n) is 6.99. The zero-order valence-electron chi connectivity index (χ0n) is 15.4. The Balaban J connectivity index is 1.85. The molecule has 134 valence electrons. The van der Waals surface area contributed by atoms with E-state index in [1.165, 1.54) is 33.3 Å². The molecule has 0 unspecified atom stereocenters. The third kappa shape index (κ3) is 3.02. The number of halogens is 1. The maximum Gasteiger partial charge on any atom is 0.118 e. The van der Waals surface area contributed by atoms with E-state index in [0.29, 0.717) is 0 Å². The summed E-state index contributed by atoms with van der Waals surface area (Å²) in [7, 11) is 3.87. The molecule has 3 aromatic rings. The van der Waals surface area contributed by atoms with E-state index < -0.39 is 0 Å². The molecule has 3 nitrogen and oxygen atoms in total. The van der Waals surface area contributed by atoms with E-state index in [9.17, 15) is 0 Å². The van der Waals surface area contributed by atoms with Gasteiger partial charge >= 0.3 is 0 Å². The molecule has 0 atom stereocenters. The van der Waals surface area contributed by atoms with Crippen LogP contribution in [0, 0.1) is 0 Å². The average molecular weight is 367 g/mol. The van der Waals surface area contributed by atoms with Crippen molar-refractivity contribution >= 4 is 34.3 Å². The predicted octanol–water partition coefficient (Wildman–Crippen LogP) is 5.31. The number of benzene rings is 2. The molecule has 0 amide bonds. The van der Waals surface area contributed by atoms with Crippen molar-refractivity contribution in [2.24, 2.45) is 0 Å². The Kier molecular flexibility index (Phi) is 4.51. The first-order chi connectivity index (χ1) is 12.6. The maximum absolute atomic E-state index is 6.29. The van der Waals surface area contributed by atoms with Crippen molar-refractivity contribution in [2.45, 2.75) is 19.9 Å². The minimum atomic E-state index is 0.793. The topological polar surface area (TPSA) is 17.4 Å². The number of fused-ring (bicyclic) bond motifs is 3. The third-order valence-corrected chi connectivity index (χ3v) is 5.44. The number of nitrogens with zero attached hydrogens (tertiary/aromatic N) is 2.